The van der Waals surface area contributed by atoms with E-state index in [0.29, 0.717) is 24.2 Å². The maximum absolute atomic E-state index is 12.9. The Morgan fingerprint density at radius 2 is 1.69 bits per heavy atom. The van der Waals surface area contributed by atoms with Gasteiger partial charge in [0.05, 0.1) is 18.4 Å². The SMILES string of the molecule is CCN1C(=O)N(c2ccc(C(=O)OC)cc2)C(=O)[C@H]1Cc1ccccc1. The van der Waals surface area contributed by atoms with Gasteiger partial charge >= 0.3 is 12.0 Å². The summed E-state index contributed by atoms with van der Waals surface area (Å²) in [4.78, 5) is 40.0. The molecule has 1 saturated heterocycles. The molecule has 1 fully saturated rings. The van der Waals surface area contributed by atoms with Crippen molar-refractivity contribution in [1.29, 1.82) is 0 Å². The van der Waals surface area contributed by atoms with E-state index >= 15 is 0 Å². The molecule has 6 nitrogen and oxygen atoms in total. The van der Waals surface area contributed by atoms with Crippen molar-refractivity contribution >= 4 is 23.6 Å². The zero-order valence-corrected chi connectivity index (χ0v) is 14.7. The van der Waals surface area contributed by atoms with Crippen molar-refractivity contribution in [3.63, 3.8) is 0 Å². The molecule has 1 aliphatic rings. The van der Waals surface area contributed by atoms with Crippen molar-refractivity contribution in [3.05, 3.63) is 65.7 Å². The molecule has 3 amide bonds. The standard InChI is InChI=1S/C20H20N2O4/c1-3-21-17(13-14-7-5-4-6-8-14)18(23)22(20(21)25)16-11-9-15(10-12-16)19(24)26-2/h4-12,17H,3,13H2,1-2H3/t17-/m1/s1. The minimum atomic E-state index is -0.532. The minimum Gasteiger partial charge on any atom is -0.465 e. The molecule has 1 aliphatic heterocycles. The van der Waals surface area contributed by atoms with Crippen molar-refractivity contribution in [2.24, 2.45) is 0 Å². The van der Waals surface area contributed by atoms with E-state index in [0.717, 1.165) is 5.56 Å². The second-order valence-electron chi connectivity index (χ2n) is 5.99. The first-order valence-corrected chi connectivity index (χ1v) is 8.43. The summed E-state index contributed by atoms with van der Waals surface area (Å²) in [6.45, 7) is 2.30. The van der Waals surface area contributed by atoms with E-state index in [-0.39, 0.29) is 11.9 Å². The lowest BCUT2D eigenvalue weighted by Crippen LogP contribution is -2.36. The zero-order valence-electron chi connectivity index (χ0n) is 14.7. The molecule has 1 atom stereocenters. The number of ether oxygens (including phenoxy) is 1. The molecule has 26 heavy (non-hydrogen) atoms. The van der Waals surface area contributed by atoms with Gasteiger partial charge in [0.15, 0.2) is 0 Å². The van der Waals surface area contributed by atoms with Gasteiger partial charge in [-0.3, -0.25) is 4.79 Å². The number of nitrogens with zero attached hydrogens (tertiary/aromatic N) is 2. The van der Waals surface area contributed by atoms with Gasteiger partial charge in [0, 0.05) is 13.0 Å². The Balaban J connectivity index is 1.87. The quantitative estimate of drug-likeness (QED) is 0.613. The summed E-state index contributed by atoms with van der Waals surface area (Å²) in [5.41, 5.74) is 1.81. The Labute approximate surface area is 152 Å². The average molecular weight is 352 g/mol. The van der Waals surface area contributed by atoms with Crippen LogP contribution in [0.1, 0.15) is 22.8 Å². The molecule has 2 aromatic carbocycles. The largest absolute Gasteiger partial charge is 0.465 e. The fourth-order valence-electron chi connectivity index (χ4n) is 3.13. The number of hydrogen-bond donors (Lipinski definition) is 0. The van der Waals surface area contributed by atoms with E-state index in [4.69, 9.17) is 0 Å². The van der Waals surface area contributed by atoms with Gasteiger partial charge in [-0.1, -0.05) is 30.3 Å². The number of urea groups is 1. The Morgan fingerprint density at radius 1 is 1.04 bits per heavy atom. The van der Waals surface area contributed by atoms with Crippen molar-refractivity contribution in [2.75, 3.05) is 18.6 Å². The number of esters is 1. The summed E-state index contributed by atoms with van der Waals surface area (Å²) in [5, 5.41) is 0. The average Bonchev–Trinajstić information content (AvgIpc) is 2.91. The number of likely N-dealkylation sites (N-methyl/N-ethyl adjacent to an activating group) is 1. The first-order valence-electron chi connectivity index (χ1n) is 8.43. The fourth-order valence-corrected chi connectivity index (χ4v) is 3.13. The lowest BCUT2D eigenvalue weighted by Gasteiger charge is -2.19. The highest BCUT2D eigenvalue weighted by Gasteiger charge is 2.44. The molecule has 2 aromatic rings. The van der Waals surface area contributed by atoms with Crippen LogP contribution in [0.3, 0.4) is 0 Å². The molecule has 0 saturated carbocycles. The van der Waals surface area contributed by atoms with Gasteiger partial charge in [-0.25, -0.2) is 14.5 Å². The molecule has 0 radical (unpaired) electrons. The van der Waals surface area contributed by atoms with E-state index in [1.54, 1.807) is 29.2 Å². The fraction of sp³-hybridized carbons (Fsp3) is 0.250. The van der Waals surface area contributed by atoms with Crippen LogP contribution in [0.15, 0.2) is 54.6 Å². The predicted molar refractivity (Wildman–Crippen MR) is 97.0 cm³/mol. The number of benzene rings is 2. The predicted octanol–water partition coefficient (Wildman–Crippen LogP) is 2.87. The molecule has 0 aromatic heterocycles. The molecule has 0 bridgehead atoms. The molecular formula is C20H20N2O4. The molecule has 0 unspecified atom stereocenters. The number of methoxy groups -OCH3 is 1. The smallest absolute Gasteiger partial charge is 0.337 e. The molecule has 1 heterocycles. The summed E-state index contributed by atoms with van der Waals surface area (Å²) >= 11 is 0. The number of imide groups is 1. The third-order valence-corrected chi connectivity index (χ3v) is 4.48. The van der Waals surface area contributed by atoms with Crippen LogP contribution >= 0.6 is 0 Å². The van der Waals surface area contributed by atoms with Gasteiger partial charge < -0.3 is 9.64 Å². The molecule has 134 valence electrons. The van der Waals surface area contributed by atoms with Gasteiger partial charge in [-0.05, 0) is 36.8 Å². The van der Waals surface area contributed by atoms with Crippen molar-refractivity contribution in [3.8, 4) is 0 Å². The summed E-state index contributed by atoms with van der Waals surface area (Å²) < 4.78 is 4.67. The molecule has 3 rings (SSSR count). The Bertz CT molecular complexity index is 817. The van der Waals surface area contributed by atoms with Crippen LogP contribution in [0.5, 0.6) is 0 Å². The second-order valence-corrected chi connectivity index (χ2v) is 5.99. The number of amides is 3. The van der Waals surface area contributed by atoms with E-state index in [1.165, 1.54) is 12.0 Å². The molecule has 0 spiro atoms. The number of rotatable bonds is 5. The van der Waals surface area contributed by atoms with Crippen LogP contribution in [0.4, 0.5) is 10.5 Å². The van der Waals surface area contributed by atoms with E-state index in [2.05, 4.69) is 4.74 Å². The Morgan fingerprint density at radius 3 is 2.27 bits per heavy atom. The van der Waals surface area contributed by atoms with Gasteiger partial charge in [0.2, 0.25) is 0 Å². The summed E-state index contributed by atoms with van der Waals surface area (Å²) in [7, 11) is 1.30. The topological polar surface area (TPSA) is 66.9 Å². The van der Waals surface area contributed by atoms with Gasteiger partial charge in [0.25, 0.3) is 5.91 Å². The lowest BCUT2D eigenvalue weighted by molar-refractivity contribution is -0.119. The minimum absolute atomic E-state index is 0.258. The Hall–Kier alpha value is -3.15. The van der Waals surface area contributed by atoms with Crippen LogP contribution in [0.2, 0.25) is 0 Å². The van der Waals surface area contributed by atoms with Gasteiger partial charge in [0.1, 0.15) is 6.04 Å². The van der Waals surface area contributed by atoms with E-state index < -0.39 is 12.0 Å². The molecular weight excluding hydrogens is 332 g/mol. The number of carbonyl (C=O) groups is 3. The number of hydrogen-bond acceptors (Lipinski definition) is 4. The zero-order chi connectivity index (χ0) is 18.7. The summed E-state index contributed by atoms with van der Waals surface area (Å²) in [6, 6.07) is 15.0. The van der Waals surface area contributed by atoms with Crippen molar-refractivity contribution in [1.82, 2.24) is 4.90 Å². The van der Waals surface area contributed by atoms with Crippen molar-refractivity contribution < 1.29 is 19.1 Å². The number of carbonyl (C=O) groups excluding carboxylic acids is 3. The van der Waals surface area contributed by atoms with Crippen LogP contribution in [-0.2, 0) is 16.0 Å². The highest BCUT2D eigenvalue weighted by molar-refractivity contribution is 6.21. The van der Waals surface area contributed by atoms with Gasteiger partial charge in [-0.15, -0.1) is 0 Å². The molecule has 0 N–H and O–H groups in total. The third kappa shape index (κ3) is 3.18. The maximum Gasteiger partial charge on any atom is 0.337 e. The van der Waals surface area contributed by atoms with Crippen LogP contribution in [0, 0.1) is 0 Å². The monoisotopic (exact) mass is 352 g/mol. The Kier molecular flexibility index (Phi) is 5.02. The van der Waals surface area contributed by atoms with Crippen LogP contribution in [-0.4, -0.2) is 42.5 Å². The third-order valence-electron chi connectivity index (χ3n) is 4.48. The lowest BCUT2D eigenvalue weighted by atomic mass is 10.0. The highest BCUT2D eigenvalue weighted by Crippen LogP contribution is 2.27. The van der Waals surface area contributed by atoms with Crippen LogP contribution in [0.25, 0.3) is 0 Å². The van der Waals surface area contributed by atoms with E-state index in [1.807, 2.05) is 37.3 Å². The maximum atomic E-state index is 12.9. The van der Waals surface area contributed by atoms with Crippen molar-refractivity contribution in [2.45, 2.75) is 19.4 Å². The highest BCUT2D eigenvalue weighted by atomic mass is 16.5. The summed E-state index contributed by atoms with van der Waals surface area (Å²) in [6.07, 6.45) is 0.468. The number of anilines is 1. The first kappa shape index (κ1) is 17.7. The normalized spacial score (nSPS) is 16.9. The first-order chi connectivity index (χ1) is 12.6. The second kappa shape index (κ2) is 7.39. The van der Waals surface area contributed by atoms with Gasteiger partial charge in [-0.2, -0.15) is 0 Å². The summed E-state index contributed by atoms with van der Waals surface area (Å²) in [5.74, 6) is -0.723. The molecule has 6 heteroatoms. The van der Waals surface area contributed by atoms with E-state index in [9.17, 15) is 14.4 Å². The molecule has 0 aliphatic carbocycles. The van der Waals surface area contributed by atoms with Crippen LogP contribution < -0.4 is 4.90 Å².